The van der Waals surface area contributed by atoms with E-state index in [-0.39, 0.29) is 17.7 Å². The quantitative estimate of drug-likeness (QED) is 0.298. The van der Waals surface area contributed by atoms with Gasteiger partial charge in [0.25, 0.3) is 10.0 Å². The van der Waals surface area contributed by atoms with Gasteiger partial charge in [-0.05, 0) is 60.7 Å². The van der Waals surface area contributed by atoms with Gasteiger partial charge < -0.3 is 9.84 Å². The highest BCUT2D eigenvalue weighted by Crippen LogP contribution is 2.34. The summed E-state index contributed by atoms with van der Waals surface area (Å²) in [5.41, 5.74) is 3.79. The summed E-state index contributed by atoms with van der Waals surface area (Å²) in [7, 11) is -3.98. The van der Waals surface area contributed by atoms with E-state index in [1.807, 2.05) is 43.3 Å². The number of carboxylic acid groups (broad SMARTS) is 1. The van der Waals surface area contributed by atoms with Gasteiger partial charge >= 0.3 is 5.97 Å². The van der Waals surface area contributed by atoms with Crippen LogP contribution in [0.5, 0.6) is 5.75 Å². The smallest absolute Gasteiger partial charge is 0.303 e. The van der Waals surface area contributed by atoms with Crippen LogP contribution in [0.4, 0.5) is 0 Å². The molecule has 0 unspecified atom stereocenters. The van der Waals surface area contributed by atoms with Crippen LogP contribution in [0, 0.1) is 0 Å². The van der Waals surface area contributed by atoms with Gasteiger partial charge in [0, 0.05) is 23.6 Å². The zero-order chi connectivity index (χ0) is 25.0. The van der Waals surface area contributed by atoms with Crippen LogP contribution in [0.15, 0.2) is 77.8 Å². The number of fused-ring (bicyclic) bond motifs is 1. The molecular formula is C28H29NO5S. The minimum Gasteiger partial charge on any atom is -0.494 e. The maximum atomic E-state index is 14.0. The number of carbonyl (C=O) groups is 1. The monoisotopic (exact) mass is 491 g/mol. The molecule has 0 aliphatic rings. The van der Waals surface area contributed by atoms with Crippen molar-refractivity contribution in [1.82, 2.24) is 3.97 Å². The third kappa shape index (κ3) is 5.10. The fourth-order valence-electron chi connectivity index (χ4n) is 4.32. The average Bonchev–Trinajstić information content (AvgIpc) is 3.22. The van der Waals surface area contributed by atoms with Crippen LogP contribution in [0.3, 0.4) is 0 Å². The van der Waals surface area contributed by atoms with E-state index in [1.165, 1.54) is 9.54 Å². The van der Waals surface area contributed by atoms with Gasteiger partial charge in [0.2, 0.25) is 0 Å². The first-order valence-corrected chi connectivity index (χ1v) is 13.2. The number of aromatic nitrogens is 1. The maximum Gasteiger partial charge on any atom is 0.303 e. The summed E-state index contributed by atoms with van der Waals surface area (Å²) in [5, 5.41) is 9.86. The molecule has 0 atom stereocenters. The lowest BCUT2D eigenvalue weighted by Crippen LogP contribution is -2.13. The first-order valence-electron chi connectivity index (χ1n) is 11.8. The summed E-state index contributed by atoms with van der Waals surface area (Å²) in [6.45, 7) is 4.47. The molecule has 0 radical (unpaired) electrons. The zero-order valence-corrected chi connectivity index (χ0v) is 20.7. The summed E-state index contributed by atoms with van der Waals surface area (Å²) in [6.07, 6.45) is 3.67. The highest BCUT2D eigenvalue weighted by Gasteiger charge is 2.25. The first kappa shape index (κ1) is 24.5. The van der Waals surface area contributed by atoms with E-state index < -0.39 is 16.0 Å². The van der Waals surface area contributed by atoms with E-state index in [0.29, 0.717) is 34.4 Å². The summed E-state index contributed by atoms with van der Waals surface area (Å²) in [5.74, 6) is -0.328. The Bertz CT molecular complexity index is 1450. The van der Waals surface area contributed by atoms with Crippen molar-refractivity contribution in [2.75, 3.05) is 6.61 Å². The molecule has 0 saturated heterocycles. The van der Waals surface area contributed by atoms with Gasteiger partial charge in [-0.15, -0.1) is 0 Å². The Morgan fingerprint density at radius 2 is 1.71 bits per heavy atom. The van der Waals surface area contributed by atoms with Crippen molar-refractivity contribution in [2.45, 2.75) is 44.4 Å². The van der Waals surface area contributed by atoms with Crippen LogP contribution in [0.2, 0.25) is 0 Å². The zero-order valence-electron chi connectivity index (χ0n) is 19.9. The third-order valence-corrected chi connectivity index (χ3v) is 7.70. The molecule has 0 fully saturated rings. The first-order chi connectivity index (χ1) is 16.8. The molecule has 0 saturated carbocycles. The molecule has 4 rings (SSSR count). The van der Waals surface area contributed by atoms with Crippen LogP contribution < -0.4 is 4.74 Å². The standard InChI is InChI=1S/C28H29NO5S/c1-3-7-20-10-12-21(13-11-20)24-8-5-6-9-27(24)35(32,33)29-19-22(14-17-28(30)31)25-18-23(34-4-2)15-16-26(25)29/h5-6,8-13,15-16,18-19H,3-4,7,14,17H2,1-2H3,(H,30,31). The normalized spacial score (nSPS) is 11.6. The highest BCUT2D eigenvalue weighted by molar-refractivity contribution is 7.90. The van der Waals surface area contributed by atoms with Gasteiger partial charge in [0.05, 0.1) is 17.0 Å². The molecule has 6 nitrogen and oxygen atoms in total. The Labute approximate surface area is 205 Å². The number of ether oxygens (including phenoxy) is 1. The highest BCUT2D eigenvalue weighted by atomic mass is 32.2. The summed E-state index contributed by atoms with van der Waals surface area (Å²) in [6, 6.07) is 20.2. The number of nitrogens with zero attached hydrogens (tertiary/aromatic N) is 1. The molecule has 4 aromatic rings. The van der Waals surface area contributed by atoms with Crippen molar-refractivity contribution in [3.05, 3.63) is 84.1 Å². The topological polar surface area (TPSA) is 85.6 Å². The van der Waals surface area contributed by atoms with Crippen molar-refractivity contribution < 1.29 is 23.1 Å². The lowest BCUT2D eigenvalue weighted by Gasteiger charge is -2.13. The number of hydrogen-bond donors (Lipinski definition) is 1. The van der Waals surface area contributed by atoms with Gasteiger partial charge in [-0.1, -0.05) is 55.8 Å². The van der Waals surface area contributed by atoms with Crippen LogP contribution in [0.1, 0.15) is 37.8 Å². The van der Waals surface area contributed by atoms with Gasteiger partial charge in [-0.25, -0.2) is 12.4 Å². The molecule has 182 valence electrons. The maximum absolute atomic E-state index is 14.0. The number of rotatable bonds is 10. The Kier molecular flexibility index (Phi) is 7.26. The molecule has 0 aliphatic carbocycles. The van der Waals surface area contributed by atoms with Crippen molar-refractivity contribution in [1.29, 1.82) is 0 Å². The van der Waals surface area contributed by atoms with Crippen LogP contribution in [0.25, 0.3) is 22.0 Å². The molecule has 3 aromatic carbocycles. The van der Waals surface area contributed by atoms with E-state index >= 15 is 0 Å². The van der Waals surface area contributed by atoms with E-state index in [9.17, 15) is 18.3 Å². The number of carboxylic acids is 1. The van der Waals surface area contributed by atoms with E-state index in [2.05, 4.69) is 6.92 Å². The van der Waals surface area contributed by atoms with E-state index in [1.54, 1.807) is 36.5 Å². The van der Waals surface area contributed by atoms with Crippen molar-refractivity contribution in [3.63, 3.8) is 0 Å². The Hall–Kier alpha value is -3.58. The number of aryl methyl sites for hydroxylation is 2. The molecular weight excluding hydrogens is 462 g/mol. The largest absolute Gasteiger partial charge is 0.494 e. The van der Waals surface area contributed by atoms with E-state index in [4.69, 9.17) is 4.74 Å². The lowest BCUT2D eigenvalue weighted by atomic mass is 10.0. The molecule has 0 amide bonds. The second-order valence-corrected chi connectivity index (χ2v) is 10.2. The SMILES string of the molecule is CCCc1ccc(-c2ccccc2S(=O)(=O)n2cc(CCC(=O)O)c3cc(OCC)ccc32)cc1. The van der Waals surface area contributed by atoms with Crippen LogP contribution in [-0.4, -0.2) is 30.1 Å². The van der Waals surface area contributed by atoms with Gasteiger partial charge in [-0.2, -0.15) is 0 Å². The Morgan fingerprint density at radius 1 is 0.971 bits per heavy atom. The van der Waals surface area contributed by atoms with Crippen molar-refractivity contribution >= 4 is 26.9 Å². The molecule has 0 aliphatic heterocycles. The second kappa shape index (κ2) is 10.4. The van der Waals surface area contributed by atoms with Gasteiger partial charge in [0.15, 0.2) is 0 Å². The minimum absolute atomic E-state index is 0.0985. The Morgan fingerprint density at radius 3 is 2.40 bits per heavy atom. The Balaban J connectivity index is 1.85. The summed E-state index contributed by atoms with van der Waals surface area (Å²) >= 11 is 0. The van der Waals surface area contributed by atoms with Gasteiger partial charge in [-0.3, -0.25) is 4.79 Å². The second-order valence-electron chi connectivity index (χ2n) is 8.40. The third-order valence-electron chi connectivity index (χ3n) is 5.97. The fourth-order valence-corrected chi connectivity index (χ4v) is 5.93. The molecule has 0 spiro atoms. The number of benzene rings is 3. The molecule has 7 heteroatoms. The van der Waals surface area contributed by atoms with E-state index in [0.717, 1.165) is 18.4 Å². The minimum atomic E-state index is -3.98. The molecule has 1 N–H and O–H groups in total. The van der Waals surface area contributed by atoms with Gasteiger partial charge in [0.1, 0.15) is 5.75 Å². The average molecular weight is 492 g/mol. The molecule has 1 heterocycles. The number of aliphatic carboxylic acids is 1. The van der Waals surface area contributed by atoms with Crippen LogP contribution in [-0.2, 0) is 27.7 Å². The molecule has 1 aromatic heterocycles. The van der Waals surface area contributed by atoms with Crippen molar-refractivity contribution in [3.8, 4) is 16.9 Å². The molecule has 35 heavy (non-hydrogen) atoms. The lowest BCUT2D eigenvalue weighted by molar-refractivity contribution is -0.136. The predicted molar refractivity (Wildman–Crippen MR) is 138 cm³/mol. The van der Waals surface area contributed by atoms with Crippen LogP contribution >= 0.6 is 0 Å². The fraction of sp³-hybridized carbons (Fsp3) is 0.250. The molecule has 0 bridgehead atoms. The summed E-state index contributed by atoms with van der Waals surface area (Å²) < 4.78 is 34.8. The van der Waals surface area contributed by atoms with Crippen molar-refractivity contribution in [2.24, 2.45) is 0 Å². The predicted octanol–water partition coefficient (Wildman–Crippen LogP) is 5.91. The number of hydrogen-bond acceptors (Lipinski definition) is 4. The summed E-state index contributed by atoms with van der Waals surface area (Å²) in [4.78, 5) is 11.4.